The first-order valence-electron chi connectivity index (χ1n) is 8.73. The molecule has 1 amide bonds. The van der Waals surface area contributed by atoms with E-state index in [-0.39, 0.29) is 17.9 Å². The second-order valence-electron chi connectivity index (χ2n) is 6.08. The molecule has 2 aromatic rings. The number of ether oxygens (including phenoxy) is 2. The predicted molar refractivity (Wildman–Crippen MR) is 103 cm³/mol. The van der Waals surface area contributed by atoms with Crippen LogP contribution in [-0.2, 0) is 16.0 Å². The van der Waals surface area contributed by atoms with E-state index in [2.05, 4.69) is 4.99 Å². The van der Waals surface area contributed by atoms with Crippen LogP contribution < -0.4 is 16.2 Å². The summed E-state index contributed by atoms with van der Waals surface area (Å²) in [5.41, 5.74) is 11.9. The number of rotatable bonds is 9. The number of benzene rings is 2. The molecule has 0 aliphatic rings. The third-order valence-corrected chi connectivity index (χ3v) is 3.90. The standard InChI is InChI=1S/C20H23F2N3O3/c1-27-9-2-10-28-18-11-13(4-8-19(26)25-20(23)24)3-6-16(18)15-7-5-14(21)12-17(15)22/h3,5-7,11-12H,2,4,8-10H2,1H3,(H4,23,24,25,26). The number of guanidine groups is 1. The highest BCUT2D eigenvalue weighted by Crippen LogP contribution is 2.33. The van der Waals surface area contributed by atoms with Crippen LogP contribution in [-0.4, -0.2) is 32.2 Å². The highest BCUT2D eigenvalue weighted by molar-refractivity contribution is 5.91. The molecular weight excluding hydrogens is 368 g/mol. The first-order valence-corrected chi connectivity index (χ1v) is 8.73. The van der Waals surface area contributed by atoms with Crippen molar-refractivity contribution in [2.75, 3.05) is 20.3 Å². The fraction of sp³-hybridized carbons (Fsp3) is 0.300. The molecule has 2 aromatic carbocycles. The fourth-order valence-electron chi connectivity index (χ4n) is 2.61. The number of methoxy groups -OCH3 is 1. The van der Waals surface area contributed by atoms with Gasteiger partial charge in [0.15, 0.2) is 5.96 Å². The summed E-state index contributed by atoms with van der Waals surface area (Å²) in [6, 6.07) is 8.55. The van der Waals surface area contributed by atoms with Gasteiger partial charge >= 0.3 is 0 Å². The average molecular weight is 391 g/mol. The first kappa shape index (κ1) is 21.3. The summed E-state index contributed by atoms with van der Waals surface area (Å²) in [6.07, 6.45) is 1.15. The highest BCUT2D eigenvalue weighted by atomic mass is 19.1. The lowest BCUT2D eigenvalue weighted by atomic mass is 10.00. The van der Waals surface area contributed by atoms with Gasteiger partial charge in [0.05, 0.1) is 6.61 Å². The van der Waals surface area contributed by atoms with Gasteiger partial charge in [0.1, 0.15) is 17.4 Å². The summed E-state index contributed by atoms with van der Waals surface area (Å²) in [4.78, 5) is 15.1. The Morgan fingerprint density at radius 3 is 2.50 bits per heavy atom. The van der Waals surface area contributed by atoms with Crippen molar-refractivity contribution in [3.63, 3.8) is 0 Å². The molecule has 6 nitrogen and oxygen atoms in total. The molecule has 0 saturated heterocycles. The van der Waals surface area contributed by atoms with Crippen molar-refractivity contribution in [1.82, 2.24) is 0 Å². The zero-order valence-electron chi connectivity index (χ0n) is 15.6. The van der Waals surface area contributed by atoms with Gasteiger partial charge in [-0.3, -0.25) is 4.79 Å². The van der Waals surface area contributed by atoms with Gasteiger partial charge in [-0.2, -0.15) is 4.99 Å². The second-order valence-corrected chi connectivity index (χ2v) is 6.08. The summed E-state index contributed by atoms with van der Waals surface area (Å²) in [6.45, 7) is 0.882. The number of amides is 1. The zero-order valence-corrected chi connectivity index (χ0v) is 15.6. The zero-order chi connectivity index (χ0) is 20.5. The second kappa shape index (κ2) is 10.4. The Morgan fingerprint density at radius 1 is 1.07 bits per heavy atom. The van der Waals surface area contributed by atoms with Crippen LogP contribution in [0.3, 0.4) is 0 Å². The third-order valence-electron chi connectivity index (χ3n) is 3.90. The van der Waals surface area contributed by atoms with Gasteiger partial charge in [-0.15, -0.1) is 0 Å². The molecule has 2 rings (SSSR count). The fourth-order valence-corrected chi connectivity index (χ4v) is 2.61. The van der Waals surface area contributed by atoms with Crippen LogP contribution in [0.15, 0.2) is 41.4 Å². The molecule has 8 heteroatoms. The lowest BCUT2D eigenvalue weighted by Crippen LogP contribution is -2.24. The monoisotopic (exact) mass is 391 g/mol. The maximum absolute atomic E-state index is 14.2. The molecule has 0 aliphatic heterocycles. The molecule has 0 unspecified atom stereocenters. The molecular formula is C20H23F2N3O3. The van der Waals surface area contributed by atoms with E-state index in [4.69, 9.17) is 20.9 Å². The molecule has 0 aromatic heterocycles. The number of carbonyl (C=O) groups excluding carboxylic acids is 1. The number of hydrogen-bond donors (Lipinski definition) is 2. The quantitative estimate of drug-likeness (QED) is 0.389. The first-order chi connectivity index (χ1) is 13.4. The maximum atomic E-state index is 14.2. The minimum absolute atomic E-state index is 0.116. The van der Waals surface area contributed by atoms with Gasteiger partial charge in [-0.05, 0) is 30.2 Å². The van der Waals surface area contributed by atoms with E-state index in [1.54, 1.807) is 25.3 Å². The lowest BCUT2D eigenvalue weighted by Gasteiger charge is -2.14. The number of aliphatic imine (C=N–C) groups is 1. The Bertz CT molecular complexity index is 853. The van der Waals surface area contributed by atoms with E-state index in [9.17, 15) is 13.6 Å². The number of hydrogen-bond acceptors (Lipinski definition) is 3. The van der Waals surface area contributed by atoms with Crippen LogP contribution >= 0.6 is 0 Å². The molecule has 0 spiro atoms. The molecule has 0 heterocycles. The van der Waals surface area contributed by atoms with E-state index >= 15 is 0 Å². The van der Waals surface area contributed by atoms with Gasteiger partial charge in [0.25, 0.3) is 0 Å². The van der Waals surface area contributed by atoms with E-state index < -0.39 is 17.5 Å². The van der Waals surface area contributed by atoms with E-state index in [1.807, 2.05) is 0 Å². The summed E-state index contributed by atoms with van der Waals surface area (Å²) in [5, 5.41) is 0. The van der Waals surface area contributed by atoms with Crippen LogP contribution in [0.4, 0.5) is 8.78 Å². The van der Waals surface area contributed by atoms with Gasteiger partial charge in [0, 0.05) is 43.8 Å². The van der Waals surface area contributed by atoms with Crippen molar-refractivity contribution in [2.45, 2.75) is 19.3 Å². The summed E-state index contributed by atoms with van der Waals surface area (Å²) in [7, 11) is 1.59. The number of nitrogens with two attached hydrogens (primary N) is 2. The SMILES string of the molecule is COCCCOc1cc(CCC(=O)N=C(N)N)ccc1-c1ccc(F)cc1F. The van der Waals surface area contributed by atoms with Gasteiger partial charge < -0.3 is 20.9 Å². The smallest absolute Gasteiger partial charge is 0.249 e. The Labute approximate surface area is 162 Å². The summed E-state index contributed by atoms with van der Waals surface area (Å²) >= 11 is 0. The Morgan fingerprint density at radius 2 is 1.82 bits per heavy atom. The van der Waals surface area contributed by atoms with Crippen LogP contribution in [0.1, 0.15) is 18.4 Å². The van der Waals surface area contributed by atoms with Crippen LogP contribution in [0, 0.1) is 11.6 Å². The topological polar surface area (TPSA) is 99.9 Å². The van der Waals surface area contributed by atoms with Crippen LogP contribution in [0.2, 0.25) is 0 Å². The molecule has 0 atom stereocenters. The van der Waals surface area contributed by atoms with Crippen molar-refractivity contribution < 1.29 is 23.0 Å². The van der Waals surface area contributed by atoms with E-state index in [0.29, 0.717) is 37.4 Å². The van der Waals surface area contributed by atoms with Crippen molar-refractivity contribution in [1.29, 1.82) is 0 Å². The van der Waals surface area contributed by atoms with Gasteiger partial charge in [-0.1, -0.05) is 12.1 Å². The Kier molecular flexibility index (Phi) is 7.88. The average Bonchev–Trinajstić information content (AvgIpc) is 2.64. The molecule has 150 valence electrons. The van der Waals surface area contributed by atoms with Crippen molar-refractivity contribution in [3.05, 3.63) is 53.6 Å². The van der Waals surface area contributed by atoms with Gasteiger partial charge in [-0.25, -0.2) is 8.78 Å². The number of aryl methyl sites for hydroxylation is 1. The number of nitrogens with zero attached hydrogens (tertiary/aromatic N) is 1. The van der Waals surface area contributed by atoms with E-state index in [0.717, 1.165) is 11.6 Å². The van der Waals surface area contributed by atoms with Crippen LogP contribution in [0.5, 0.6) is 5.75 Å². The largest absolute Gasteiger partial charge is 0.493 e. The highest BCUT2D eigenvalue weighted by Gasteiger charge is 2.13. The molecule has 4 N–H and O–H groups in total. The van der Waals surface area contributed by atoms with Crippen molar-refractivity contribution in [3.8, 4) is 16.9 Å². The third kappa shape index (κ3) is 6.31. The summed E-state index contributed by atoms with van der Waals surface area (Å²) < 4.78 is 38.3. The molecule has 0 bridgehead atoms. The minimum atomic E-state index is -0.683. The van der Waals surface area contributed by atoms with Gasteiger partial charge in [0.2, 0.25) is 5.91 Å². The number of halogens is 2. The Balaban J connectivity index is 2.26. The molecule has 0 radical (unpaired) electrons. The lowest BCUT2D eigenvalue weighted by molar-refractivity contribution is -0.117. The van der Waals surface area contributed by atoms with Crippen LogP contribution in [0.25, 0.3) is 11.1 Å². The molecule has 0 saturated carbocycles. The normalized spacial score (nSPS) is 10.5. The van der Waals surface area contributed by atoms with Crippen molar-refractivity contribution in [2.24, 2.45) is 16.5 Å². The minimum Gasteiger partial charge on any atom is -0.493 e. The molecule has 0 aliphatic carbocycles. The Hall–Kier alpha value is -3.00. The van der Waals surface area contributed by atoms with E-state index in [1.165, 1.54) is 12.1 Å². The molecule has 28 heavy (non-hydrogen) atoms. The number of carbonyl (C=O) groups is 1. The maximum Gasteiger partial charge on any atom is 0.249 e. The van der Waals surface area contributed by atoms with Crippen molar-refractivity contribution >= 4 is 11.9 Å². The summed E-state index contributed by atoms with van der Waals surface area (Å²) in [5.74, 6) is -1.62. The molecule has 0 fully saturated rings. The predicted octanol–water partition coefficient (Wildman–Crippen LogP) is 2.78.